The second-order valence-corrected chi connectivity index (χ2v) is 9.94. The quantitative estimate of drug-likeness (QED) is 0.247. The number of hydrogen-bond acceptors (Lipinski definition) is 6. The number of para-hydroxylation sites is 1. The molecule has 2 aliphatic heterocycles. The molecule has 4 heterocycles. The maximum atomic E-state index is 14.4. The zero-order chi connectivity index (χ0) is 22.8. The molecule has 5 rings (SSSR count). The first-order valence-electron chi connectivity index (χ1n) is 10.3. The number of nitrogens with zero attached hydrogens (tertiary/aromatic N) is 1. The van der Waals surface area contributed by atoms with Crippen molar-refractivity contribution in [3.05, 3.63) is 65.9 Å². The van der Waals surface area contributed by atoms with Gasteiger partial charge in [0.05, 0.1) is 0 Å². The van der Waals surface area contributed by atoms with E-state index in [0.29, 0.717) is 48.1 Å². The van der Waals surface area contributed by atoms with Gasteiger partial charge in [-0.1, -0.05) is 0 Å². The van der Waals surface area contributed by atoms with Gasteiger partial charge >= 0.3 is 201 Å². The normalized spacial score (nSPS) is 18.7. The maximum absolute atomic E-state index is 14.4. The Hall–Kier alpha value is -3.12. The van der Waals surface area contributed by atoms with Crippen LogP contribution >= 0.6 is 0 Å². The van der Waals surface area contributed by atoms with E-state index in [1.165, 1.54) is 13.2 Å². The van der Waals surface area contributed by atoms with Crippen molar-refractivity contribution in [2.75, 3.05) is 32.2 Å². The van der Waals surface area contributed by atoms with Crippen molar-refractivity contribution in [1.82, 2.24) is 15.3 Å². The Kier molecular flexibility index (Phi) is 6.18. The number of carbonyl (C=O) groups excluding carboxylic acids is 1. The molecule has 10 heteroatoms. The molecule has 1 atom stereocenters. The molecule has 8 nitrogen and oxygen atoms in total. The van der Waals surface area contributed by atoms with Crippen molar-refractivity contribution in [3.8, 4) is 22.8 Å². The topological polar surface area (TPSA) is 97.5 Å². The number of carbonyl (C=O) groups is 1. The number of hydrogen-bond donors (Lipinski definition) is 3. The van der Waals surface area contributed by atoms with Gasteiger partial charge in [0.2, 0.25) is 0 Å². The summed E-state index contributed by atoms with van der Waals surface area (Å²) in [6.07, 6.45) is 7.13. The van der Waals surface area contributed by atoms with E-state index in [9.17, 15) is 9.18 Å². The van der Waals surface area contributed by atoms with E-state index in [1.54, 1.807) is 24.5 Å². The van der Waals surface area contributed by atoms with Gasteiger partial charge in [0.15, 0.2) is 0 Å². The summed E-state index contributed by atoms with van der Waals surface area (Å²) >= 11 is -0.713. The van der Waals surface area contributed by atoms with E-state index in [-0.39, 0.29) is 15.6 Å². The number of benzene rings is 1. The predicted molar refractivity (Wildman–Crippen MR) is 116 cm³/mol. The van der Waals surface area contributed by atoms with Crippen LogP contribution in [-0.4, -0.2) is 42.7 Å². The average Bonchev–Trinajstić information content (AvgIpc) is 3.20. The van der Waals surface area contributed by atoms with Crippen molar-refractivity contribution >= 4 is 17.3 Å². The van der Waals surface area contributed by atoms with Crippen LogP contribution < -0.4 is 41.7 Å². The summed E-state index contributed by atoms with van der Waals surface area (Å²) in [6, 6.07) is 6.43. The number of ether oxygens (including phenoxy) is 2. The Morgan fingerprint density at radius 1 is 1.27 bits per heavy atom. The fourth-order valence-electron chi connectivity index (χ4n) is 3.84. The number of H-pyrrole nitrogens is 1. The Bertz CT molecular complexity index is 1230. The molecule has 0 radical (unpaired) electrons. The summed E-state index contributed by atoms with van der Waals surface area (Å²) in [5, 5.41) is 6.22. The molecule has 1 amide bonds. The van der Waals surface area contributed by atoms with Crippen molar-refractivity contribution in [2.24, 2.45) is 0 Å². The molecule has 2 aliphatic rings. The van der Waals surface area contributed by atoms with Crippen LogP contribution in [0.5, 0.6) is 11.5 Å². The minimum absolute atomic E-state index is 0.0283. The summed E-state index contributed by atoms with van der Waals surface area (Å²) in [5.74, 6) is -0.0967. The Morgan fingerprint density at radius 3 is 3.03 bits per heavy atom. The van der Waals surface area contributed by atoms with Crippen molar-refractivity contribution in [3.63, 3.8) is 0 Å². The summed E-state index contributed by atoms with van der Waals surface area (Å²) < 4.78 is 31.6. The number of aromatic nitrogens is 2. The number of methoxy groups -OCH3 is 1. The van der Waals surface area contributed by atoms with E-state index in [2.05, 4.69) is 20.6 Å². The van der Waals surface area contributed by atoms with Crippen LogP contribution in [0.25, 0.3) is 11.3 Å². The number of anilines is 2. The van der Waals surface area contributed by atoms with Gasteiger partial charge in [0.25, 0.3) is 0 Å². The Morgan fingerprint density at radius 2 is 2.15 bits per heavy atom. The Labute approximate surface area is 200 Å². The molecule has 1 aromatic carbocycles. The second kappa shape index (κ2) is 9.40. The summed E-state index contributed by atoms with van der Waals surface area (Å²) in [4.78, 5) is 20.7. The van der Waals surface area contributed by atoms with Gasteiger partial charge < -0.3 is 0 Å². The van der Waals surface area contributed by atoms with Crippen LogP contribution in [0, 0.1) is 5.82 Å². The van der Waals surface area contributed by atoms with Crippen molar-refractivity contribution in [1.29, 1.82) is 0 Å². The van der Waals surface area contributed by atoms with Crippen LogP contribution in [0.2, 0.25) is 0 Å². The van der Waals surface area contributed by atoms with Crippen molar-refractivity contribution in [2.45, 2.75) is 3.92 Å². The van der Waals surface area contributed by atoms with E-state index in [4.69, 9.17) is 12.5 Å². The SMILES string of the molecule is COc1c(F)cccc1Nc1c2[nH]c3c1C(=O)NCC3[I-]OC/C=C\COc1cnccc1-2. The monoisotopic (exact) mass is 563 g/mol. The van der Waals surface area contributed by atoms with Gasteiger partial charge in [0.1, 0.15) is 0 Å². The second-order valence-electron chi connectivity index (χ2n) is 7.31. The average molecular weight is 563 g/mol. The van der Waals surface area contributed by atoms with E-state index >= 15 is 0 Å². The number of pyridine rings is 1. The molecule has 0 saturated heterocycles. The fraction of sp³-hybridized carbons (Fsp3) is 0.217. The molecule has 172 valence electrons. The molecule has 0 aliphatic carbocycles. The minimum atomic E-state index is -0.713. The fourth-order valence-corrected chi connectivity index (χ4v) is 5.81. The summed E-state index contributed by atoms with van der Waals surface area (Å²) in [6.45, 7) is 1.33. The number of rotatable bonds is 3. The van der Waals surface area contributed by atoms with Gasteiger partial charge in [0, 0.05) is 0 Å². The number of nitrogens with one attached hydrogen (secondary N) is 3. The third-order valence-electron chi connectivity index (χ3n) is 5.33. The first-order valence-corrected chi connectivity index (χ1v) is 12.4. The third-order valence-corrected chi connectivity index (χ3v) is 7.72. The zero-order valence-corrected chi connectivity index (χ0v) is 19.8. The molecule has 3 N–H and O–H groups in total. The molecule has 0 spiro atoms. The summed E-state index contributed by atoms with van der Waals surface area (Å²) in [5.41, 5.74) is 3.58. The molecule has 3 aromatic rings. The van der Waals surface area contributed by atoms with Crippen LogP contribution in [-0.2, 0) is 3.07 Å². The molecule has 0 saturated carbocycles. The summed E-state index contributed by atoms with van der Waals surface area (Å²) in [7, 11) is 1.41. The molecule has 0 fully saturated rings. The molecular weight excluding hydrogens is 542 g/mol. The van der Waals surface area contributed by atoms with Gasteiger partial charge in [-0.15, -0.1) is 0 Å². The van der Waals surface area contributed by atoms with Crippen LogP contribution in [0.3, 0.4) is 0 Å². The van der Waals surface area contributed by atoms with Crippen LogP contribution in [0.4, 0.5) is 15.8 Å². The van der Waals surface area contributed by atoms with Gasteiger partial charge in [-0.05, 0) is 0 Å². The molecular formula is C23H21FIN4O4-. The van der Waals surface area contributed by atoms with Crippen molar-refractivity contribution < 1.29 is 43.3 Å². The van der Waals surface area contributed by atoms with Gasteiger partial charge in [-0.25, -0.2) is 0 Å². The number of amides is 1. The van der Waals surface area contributed by atoms with Gasteiger partial charge in [-0.3, -0.25) is 0 Å². The molecule has 2 aromatic heterocycles. The first-order chi connectivity index (χ1) is 16.2. The van der Waals surface area contributed by atoms with Gasteiger partial charge in [-0.2, -0.15) is 0 Å². The standard InChI is InChI=1S/C23H21FIN4O4/c1-31-22-14(24)5-4-6-16(22)28-21-18-20-15(11-27-23(18)30)25-33-10-3-2-9-32-17-12-26-8-7-13(17)19(21)29-20/h2-8,12,15,28-29H,9-11H2,1H3,(H,27,30)/q-1/b3-2-. The third kappa shape index (κ3) is 4.15. The molecule has 2 bridgehead atoms. The number of halogens is 2. The predicted octanol–water partition coefficient (Wildman–Crippen LogP) is 0.722. The van der Waals surface area contributed by atoms with Crippen LogP contribution in [0.1, 0.15) is 20.0 Å². The zero-order valence-electron chi connectivity index (χ0n) is 17.7. The van der Waals surface area contributed by atoms with E-state index in [0.717, 1.165) is 11.3 Å². The van der Waals surface area contributed by atoms with E-state index < -0.39 is 27.4 Å². The molecule has 1 unspecified atom stereocenters. The van der Waals surface area contributed by atoms with E-state index in [1.807, 2.05) is 18.2 Å². The Balaban J connectivity index is 1.72. The van der Waals surface area contributed by atoms with Crippen LogP contribution in [0.15, 0.2) is 48.8 Å². The first kappa shape index (κ1) is 21.7. The molecule has 33 heavy (non-hydrogen) atoms. The number of fused-ring (bicyclic) bond motifs is 3. The number of aromatic amines is 1. The number of alkyl halides is 1.